The Labute approximate surface area is 90.8 Å². The standard InChI is InChI=1S/C4H11N.3C2H7N/c1-3-5-4-2;1-3-2;2*1-2-3/h5H,3-4H2,1-2H3;3H,1-2H3;2*2-3H2,1H3. The maximum atomic E-state index is 4.85. The third-order valence-corrected chi connectivity index (χ3v) is 0.500. The first kappa shape index (κ1) is 23.6. The van der Waals surface area contributed by atoms with Gasteiger partial charge >= 0.3 is 0 Å². The summed E-state index contributed by atoms with van der Waals surface area (Å²) in [5.41, 5.74) is 9.69. The van der Waals surface area contributed by atoms with Crippen LogP contribution in [0.5, 0.6) is 0 Å². The second kappa shape index (κ2) is 52.8. The molecule has 0 aromatic heterocycles. The maximum absolute atomic E-state index is 4.85. The molecule has 4 heteroatoms. The van der Waals surface area contributed by atoms with E-state index in [1.165, 1.54) is 0 Å². The van der Waals surface area contributed by atoms with Crippen molar-refractivity contribution in [3.63, 3.8) is 0 Å². The van der Waals surface area contributed by atoms with E-state index in [1.54, 1.807) is 0 Å². The fourth-order valence-electron chi connectivity index (χ4n) is 0.250. The summed E-state index contributed by atoms with van der Waals surface area (Å²) in [6, 6.07) is 0. The summed E-state index contributed by atoms with van der Waals surface area (Å²) in [6.07, 6.45) is 0. The predicted octanol–water partition coefficient (Wildman–Crippen LogP) is 0.381. The van der Waals surface area contributed by atoms with Gasteiger partial charge in [-0.15, -0.1) is 0 Å². The lowest BCUT2D eigenvalue weighted by Gasteiger charge is -1.86. The molecule has 0 aliphatic carbocycles. The topological polar surface area (TPSA) is 76.1 Å². The normalized spacial score (nSPS) is 6.86. The maximum Gasteiger partial charge on any atom is -0.00775 e. The molecule has 0 amide bonds. The van der Waals surface area contributed by atoms with Gasteiger partial charge in [-0.05, 0) is 40.3 Å². The van der Waals surface area contributed by atoms with Crippen molar-refractivity contribution in [3.8, 4) is 0 Å². The van der Waals surface area contributed by atoms with Crippen LogP contribution < -0.4 is 22.1 Å². The Morgan fingerprint density at radius 3 is 0.929 bits per heavy atom. The molecule has 0 aliphatic heterocycles. The Kier molecular flexibility index (Phi) is 88.8. The second-order valence-electron chi connectivity index (χ2n) is 2.27. The van der Waals surface area contributed by atoms with Crippen molar-refractivity contribution in [1.29, 1.82) is 0 Å². The van der Waals surface area contributed by atoms with Crippen molar-refractivity contribution in [2.75, 3.05) is 40.3 Å². The average molecular weight is 208 g/mol. The molecule has 0 aliphatic rings. The van der Waals surface area contributed by atoms with E-state index in [-0.39, 0.29) is 0 Å². The van der Waals surface area contributed by atoms with Gasteiger partial charge in [0, 0.05) is 0 Å². The predicted molar refractivity (Wildman–Crippen MR) is 68.7 cm³/mol. The van der Waals surface area contributed by atoms with E-state index >= 15 is 0 Å². The van der Waals surface area contributed by atoms with Crippen molar-refractivity contribution in [3.05, 3.63) is 0 Å². The monoisotopic (exact) mass is 208 g/mol. The quantitative estimate of drug-likeness (QED) is 0.529. The molecule has 0 unspecified atom stereocenters. The minimum atomic E-state index is 0.750. The van der Waals surface area contributed by atoms with Crippen molar-refractivity contribution in [1.82, 2.24) is 10.6 Å². The van der Waals surface area contributed by atoms with Crippen LogP contribution in [0.1, 0.15) is 27.7 Å². The molecule has 14 heavy (non-hydrogen) atoms. The van der Waals surface area contributed by atoms with Gasteiger partial charge in [0.2, 0.25) is 0 Å². The van der Waals surface area contributed by atoms with E-state index in [9.17, 15) is 0 Å². The Bertz CT molecular complexity index is 36.3. The molecule has 0 saturated heterocycles. The van der Waals surface area contributed by atoms with Gasteiger partial charge in [-0.3, -0.25) is 0 Å². The highest BCUT2D eigenvalue weighted by Gasteiger charge is 1.62. The van der Waals surface area contributed by atoms with Crippen LogP contribution >= 0.6 is 0 Å². The van der Waals surface area contributed by atoms with E-state index in [1.807, 2.05) is 27.9 Å². The molecule has 0 radical (unpaired) electrons. The lowest BCUT2D eigenvalue weighted by atomic mass is 10.7. The van der Waals surface area contributed by atoms with Gasteiger partial charge in [0.05, 0.1) is 0 Å². The van der Waals surface area contributed by atoms with Gasteiger partial charge in [-0.25, -0.2) is 0 Å². The molecule has 0 saturated carbocycles. The highest BCUT2D eigenvalue weighted by molar-refractivity contribution is 4.27. The number of nitrogens with two attached hydrogens (primary N) is 2. The molecule has 0 aromatic carbocycles. The largest absolute Gasteiger partial charge is 0.331 e. The number of hydrogen-bond acceptors (Lipinski definition) is 4. The van der Waals surface area contributed by atoms with Crippen molar-refractivity contribution in [2.24, 2.45) is 11.5 Å². The summed E-state index contributed by atoms with van der Waals surface area (Å²) < 4.78 is 0. The second-order valence-corrected chi connectivity index (χ2v) is 2.27. The average Bonchev–Trinajstić information content (AvgIpc) is 2.09. The lowest BCUT2D eigenvalue weighted by Crippen LogP contribution is -2.09. The summed E-state index contributed by atoms with van der Waals surface area (Å²) in [6.45, 7) is 11.7. The molecule has 0 heterocycles. The highest BCUT2D eigenvalue weighted by atomic mass is 14.8. The van der Waals surface area contributed by atoms with E-state index in [0.717, 1.165) is 26.2 Å². The van der Waals surface area contributed by atoms with E-state index in [0.29, 0.717) is 0 Å². The van der Waals surface area contributed by atoms with Crippen LogP contribution in [0.4, 0.5) is 0 Å². The number of rotatable bonds is 2. The van der Waals surface area contributed by atoms with Crippen LogP contribution in [-0.2, 0) is 0 Å². The Balaban J connectivity index is -0.0000000495. The van der Waals surface area contributed by atoms with Crippen LogP contribution in [0.15, 0.2) is 0 Å². The fourth-order valence-corrected chi connectivity index (χ4v) is 0.250. The van der Waals surface area contributed by atoms with Crippen LogP contribution in [0.3, 0.4) is 0 Å². The molecule has 0 rings (SSSR count). The third-order valence-electron chi connectivity index (χ3n) is 0.500. The molecule has 92 valence electrons. The van der Waals surface area contributed by atoms with E-state index < -0.39 is 0 Å². The Morgan fingerprint density at radius 2 is 0.929 bits per heavy atom. The summed E-state index contributed by atoms with van der Waals surface area (Å²) in [5.74, 6) is 0. The summed E-state index contributed by atoms with van der Waals surface area (Å²) in [5, 5.41) is 5.86. The van der Waals surface area contributed by atoms with Gasteiger partial charge < -0.3 is 22.1 Å². The summed E-state index contributed by atoms with van der Waals surface area (Å²) >= 11 is 0. The van der Waals surface area contributed by atoms with Crippen LogP contribution in [0.2, 0.25) is 0 Å². The smallest absolute Gasteiger partial charge is 0.00775 e. The zero-order chi connectivity index (χ0) is 12.2. The highest BCUT2D eigenvalue weighted by Crippen LogP contribution is 1.47. The molecule has 0 fully saturated rings. The van der Waals surface area contributed by atoms with Crippen LogP contribution in [0.25, 0.3) is 0 Å². The first-order chi connectivity index (χ1) is 6.66. The van der Waals surface area contributed by atoms with Gasteiger partial charge in [0.25, 0.3) is 0 Å². The lowest BCUT2D eigenvalue weighted by molar-refractivity contribution is 0.762. The van der Waals surface area contributed by atoms with Crippen LogP contribution in [0, 0.1) is 0 Å². The van der Waals surface area contributed by atoms with Gasteiger partial charge in [0.1, 0.15) is 0 Å². The minimum absolute atomic E-state index is 0.750. The summed E-state index contributed by atoms with van der Waals surface area (Å²) in [4.78, 5) is 0. The molecule has 4 nitrogen and oxygen atoms in total. The first-order valence-electron chi connectivity index (χ1n) is 5.35. The first-order valence-corrected chi connectivity index (χ1v) is 5.35. The number of hydrogen-bond donors (Lipinski definition) is 4. The fraction of sp³-hybridized carbons (Fsp3) is 1.00. The zero-order valence-electron chi connectivity index (χ0n) is 11.0. The Morgan fingerprint density at radius 1 is 0.786 bits per heavy atom. The van der Waals surface area contributed by atoms with Crippen molar-refractivity contribution >= 4 is 0 Å². The van der Waals surface area contributed by atoms with Gasteiger partial charge in [0.15, 0.2) is 0 Å². The molecule has 0 atom stereocenters. The molecular formula is C10H32N4. The van der Waals surface area contributed by atoms with E-state index in [2.05, 4.69) is 24.5 Å². The SMILES string of the molecule is CCN.CCN.CCNCC.CNC. The third kappa shape index (κ3) is 411. The van der Waals surface area contributed by atoms with Crippen LogP contribution in [-0.4, -0.2) is 40.3 Å². The molecule has 0 spiro atoms. The minimum Gasteiger partial charge on any atom is -0.331 e. The molecular weight excluding hydrogens is 176 g/mol. The van der Waals surface area contributed by atoms with Gasteiger partial charge in [-0.1, -0.05) is 27.7 Å². The molecule has 6 N–H and O–H groups in total. The zero-order valence-corrected chi connectivity index (χ0v) is 11.0. The van der Waals surface area contributed by atoms with Crippen molar-refractivity contribution < 1.29 is 0 Å². The van der Waals surface area contributed by atoms with E-state index in [4.69, 9.17) is 11.5 Å². The number of nitrogens with one attached hydrogen (secondary N) is 2. The Hall–Kier alpha value is -0.160. The van der Waals surface area contributed by atoms with Gasteiger partial charge in [-0.2, -0.15) is 0 Å². The molecule has 0 bridgehead atoms. The molecule has 0 aromatic rings. The van der Waals surface area contributed by atoms with Crippen molar-refractivity contribution in [2.45, 2.75) is 27.7 Å². The summed E-state index contributed by atoms with van der Waals surface area (Å²) in [7, 11) is 3.75.